The van der Waals surface area contributed by atoms with Crippen LogP contribution >= 0.6 is 11.8 Å². The molecule has 0 bridgehead atoms. The number of carbonyl (C=O) groups excluding carboxylic acids is 1. The van der Waals surface area contributed by atoms with Gasteiger partial charge in [0.2, 0.25) is 0 Å². The molecule has 0 saturated carbocycles. The molecule has 0 spiro atoms. The second kappa shape index (κ2) is 3.61. The van der Waals surface area contributed by atoms with Crippen molar-refractivity contribution in [2.24, 2.45) is 0 Å². The van der Waals surface area contributed by atoms with Crippen molar-refractivity contribution in [2.45, 2.75) is 11.7 Å². The van der Waals surface area contributed by atoms with Crippen molar-refractivity contribution in [3.05, 3.63) is 0 Å². The minimum atomic E-state index is -0.957. The number of carboxylic acids is 1. The molecule has 0 aliphatic carbocycles. The van der Waals surface area contributed by atoms with Crippen molar-refractivity contribution in [2.75, 3.05) is 12.4 Å². The molecule has 0 aromatic heterocycles. The zero-order chi connectivity index (χ0) is 8.27. The summed E-state index contributed by atoms with van der Waals surface area (Å²) in [5.74, 6) is -0.658. The predicted octanol–water partition coefficient (Wildman–Crippen LogP) is 0.120. The summed E-state index contributed by atoms with van der Waals surface area (Å²) in [6, 6.07) is 0. The van der Waals surface area contributed by atoms with E-state index in [1.165, 1.54) is 11.8 Å². The Bertz CT molecular complexity index is 179. The van der Waals surface area contributed by atoms with E-state index in [4.69, 9.17) is 5.11 Å². The fourth-order valence-corrected chi connectivity index (χ4v) is 1.72. The molecular weight excluding hydrogens is 168 g/mol. The number of esters is 1. The summed E-state index contributed by atoms with van der Waals surface area (Å²) in [7, 11) is 0. The molecule has 0 aromatic rings. The van der Waals surface area contributed by atoms with Gasteiger partial charge in [0.1, 0.15) is 11.9 Å². The number of carboxylic acid groups (broad SMARTS) is 1. The Labute approximate surface area is 67.9 Å². The van der Waals surface area contributed by atoms with Gasteiger partial charge in [0.15, 0.2) is 0 Å². The molecule has 4 nitrogen and oxygen atoms in total. The van der Waals surface area contributed by atoms with Crippen molar-refractivity contribution in [3.63, 3.8) is 0 Å². The van der Waals surface area contributed by atoms with E-state index < -0.39 is 17.2 Å². The van der Waals surface area contributed by atoms with Crippen LogP contribution < -0.4 is 0 Å². The molecule has 1 atom stereocenters. The Hall–Kier alpha value is -0.710. The summed E-state index contributed by atoms with van der Waals surface area (Å²) < 4.78 is 4.67. The molecule has 62 valence electrons. The molecule has 1 unspecified atom stereocenters. The molecule has 1 aliphatic heterocycles. The Morgan fingerprint density at radius 2 is 2.55 bits per heavy atom. The monoisotopic (exact) mass is 176 g/mol. The maximum atomic E-state index is 10.8. The second-order valence-corrected chi connectivity index (χ2v) is 3.44. The lowest BCUT2D eigenvalue weighted by Crippen LogP contribution is -2.29. The third-order valence-electron chi connectivity index (χ3n) is 1.27. The van der Waals surface area contributed by atoms with E-state index in [-0.39, 0.29) is 6.42 Å². The smallest absolute Gasteiger partial charge is 0.319 e. The zero-order valence-electron chi connectivity index (χ0n) is 5.78. The topological polar surface area (TPSA) is 63.6 Å². The van der Waals surface area contributed by atoms with Crippen molar-refractivity contribution < 1.29 is 19.4 Å². The van der Waals surface area contributed by atoms with Gasteiger partial charge in [0.05, 0.1) is 6.42 Å². The summed E-state index contributed by atoms with van der Waals surface area (Å²) >= 11 is 1.34. The minimum Gasteiger partial charge on any atom is -0.481 e. The van der Waals surface area contributed by atoms with Crippen LogP contribution in [-0.4, -0.2) is 34.7 Å². The van der Waals surface area contributed by atoms with Crippen LogP contribution in [0, 0.1) is 0 Å². The molecular formula is C6H8O4S. The van der Waals surface area contributed by atoms with E-state index in [0.717, 1.165) is 0 Å². The zero-order valence-corrected chi connectivity index (χ0v) is 6.60. The first kappa shape index (κ1) is 8.39. The van der Waals surface area contributed by atoms with Crippen LogP contribution in [0.3, 0.4) is 0 Å². The number of rotatable bonds is 2. The average molecular weight is 176 g/mol. The van der Waals surface area contributed by atoms with Gasteiger partial charge < -0.3 is 9.84 Å². The highest BCUT2D eigenvalue weighted by molar-refractivity contribution is 8.00. The third-order valence-corrected chi connectivity index (χ3v) is 2.43. The molecule has 11 heavy (non-hydrogen) atoms. The van der Waals surface area contributed by atoms with Gasteiger partial charge in [-0.25, -0.2) is 0 Å². The number of carbonyl (C=O) groups is 2. The van der Waals surface area contributed by atoms with E-state index >= 15 is 0 Å². The first-order valence-corrected chi connectivity index (χ1v) is 4.25. The predicted molar refractivity (Wildman–Crippen MR) is 39.5 cm³/mol. The van der Waals surface area contributed by atoms with Gasteiger partial charge >= 0.3 is 11.9 Å². The number of aliphatic carboxylic acids is 1. The summed E-state index contributed by atoms with van der Waals surface area (Å²) in [6.07, 6.45) is -0.135. The fourth-order valence-electron chi connectivity index (χ4n) is 0.794. The highest BCUT2D eigenvalue weighted by Crippen LogP contribution is 2.20. The van der Waals surface area contributed by atoms with Crippen molar-refractivity contribution in [3.8, 4) is 0 Å². The minimum absolute atomic E-state index is 0.135. The Balaban J connectivity index is 2.42. The maximum absolute atomic E-state index is 10.8. The number of hydrogen-bond acceptors (Lipinski definition) is 4. The lowest BCUT2D eigenvalue weighted by molar-refractivity contribution is -0.147. The van der Waals surface area contributed by atoms with E-state index in [1.54, 1.807) is 0 Å². The van der Waals surface area contributed by atoms with Crippen molar-refractivity contribution in [1.29, 1.82) is 0 Å². The lowest BCUT2D eigenvalue weighted by Gasteiger charge is -2.18. The van der Waals surface area contributed by atoms with Gasteiger partial charge in [0.25, 0.3) is 0 Å². The standard InChI is InChI=1S/C6H8O4S/c7-5(8)3-4-6(9)10-1-2-11-4/h4H,1-3H2,(H,7,8). The Morgan fingerprint density at radius 3 is 3.09 bits per heavy atom. The normalized spacial score (nSPS) is 24.4. The van der Waals surface area contributed by atoms with Crippen LogP contribution in [0.2, 0.25) is 0 Å². The summed E-state index contributed by atoms with van der Waals surface area (Å²) in [4.78, 5) is 21.0. The van der Waals surface area contributed by atoms with Crippen molar-refractivity contribution in [1.82, 2.24) is 0 Å². The first-order valence-electron chi connectivity index (χ1n) is 3.20. The van der Waals surface area contributed by atoms with Crippen LogP contribution in [0.25, 0.3) is 0 Å². The largest absolute Gasteiger partial charge is 0.481 e. The van der Waals surface area contributed by atoms with Gasteiger partial charge in [-0.3, -0.25) is 9.59 Å². The highest BCUT2D eigenvalue weighted by atomic mass is 32.2. The Kier molecular flexibility index (Phi) is 2.76. The molecule has 0 radical (unpaired) electrons. The third kappa shape index (κ3) is 2.42. The van der Waals surface area contributed by atoms with Gasteiger partial charge in [0, 0.05) is 5.75 Å². The molecule has 5 heteroatoms. The molecule has 1 fully saturated rings. The lowest BCUT2D eigenvalue weighted by atomic mass is 10.3. The molecule has 1 rings (SSSR count). The number of hydrogen-bond donors (Lipinski definition) is 1. The average Bonchev–Trinajstić information content (AvgIpc) is 1.93. The van der Waals surface area contributed by atoms with Gasteiger partial charge in [-0.1, -0.05) is 0 Å². The first-order chi connectivity index (χ1) is 5.20. The van der Waals surface area contributed by atoms with Crippen LogP contribution in [0.5, 0.6) is 0 Å². The van der Waals surface area contributed by atoms with Crippen LogP contribution in [0.15, 0.2) is 0 Å². The van der Waals surface area contributed by atoms with Gasteiger partial charge in [-0.05, 0) is 0 Å². The molecule has 1 heterocycles. The van der Waals surface area contributed by atoms with Gasteiger partial charge in [-0.2, -0.15) is 0 Å². The summed E-state index contributed by atoms with van der Waals surface area (Å²) in [5, 5.41) is 7.86. The highest BCUT2D eigenvalue weighted by Gasteiger charge is 2.26. The molecule has 1 saturated heterocycles. The number of thioether (sulfide) groups is 1. The van der Waals surface area contributed by atoms with Crippen molar-refractivity contribution >= 4 is 23.7 Å². The number of cyclic esters (lactones) is 1. The van der Waals surface area contributed by atoms with E-state index in [2.05, 4.69) is 4.74 Å². The van der Waals surface area contributed by atoms with Gasteiger partial charge in [-0.15, -0.1) is 11.8 Å². The molecule has 0 amide bonds. The Morgan fingerprint density at radius 1 is 1.82 bits per heavy atom. The summed E-state index contributed by atoms with van der Waals surface area (Å²) in [5.41, 5.74) is 0. The molecule has 1 aliphatic rings. The van der Waals surface area contributed by atoms with Crippen LogP contribution in [0.4, 0.5) is 0 Å². The van der Waals surface area contributed by atoms with Crippen LogP contribution in [0.1, 0.15) is 6.42 Å². The quantitative estimate of drug-likeness (QED) is 0.605. The molecule has 0 aromatic carbocycles. The molecule has 1 N–H and O–H groups in total. The van der Waals surface area contributed by atoms with E-state index in [1.807, 2.05) is 0 Å². The SMILES string of the molecule is O=C(O)CC1SCCOC1=O. The maximum Gasteiger partial charge on any atom is 0.319 e. The van der Waals surface area contributed by atoms with E-state index in [9.17, 15) is 9.59 Å². The van der Waals surface area contributed by atoms with E-state index in [0.29, 0.717) is 12.4 Å². The second-order valence-electron chi connectivity index (χ2n) is 2.12. The van der Waals surface area contributed by atoms with Crippen LogP contribution in [-0.2, 0) is 14.3 Å². The number of ether oxygens (including phenoxy) is 1. The fraction of sp³-hybridized carbons (Fsp3) is 0.667. The summed E-state index contributed by atoms with van der Waals surface area (Å²) in [6.45, 7) is 0.402.